The van der Waals surface area contributed by atoms with E-state index in [0.29, 0.717) is 18.1 Å². The summed E-state index contributed by atoms with van der Waals surface area (Å²) < 4.78 is 0. The molecule has 0 unspecified atom stereocenters. The second-order valence-electron chi connectivity index (χ2n) is 4.92. The molecule has 0 saturated carbocycles. The number of nitrogens with zero attached hydrogens (tertiary/aromatic N) is 3. The molecule has 7 nitrogen and oxygen atoms in total. The molecular weight excluding hydrogens is 260 g/mol. The van der Waals surface area contributed by atoms with E-state index in [1.807, 2.05) is 13.8 Å². The molecule has 1 heterocycles. The van der Waals surface area contributed by atoms with Gasteiger partial charge in [0.2, 0.25) is 0 Å². The van der Waals surface area contributed by atoms with Crippen LogP contribution in [0.15, 0.2) is 12.3 Å². The van der Waals surface area contributed by atoms with E-state index in [-0.39, 0.29) is 19.0 Å². The molecular formula is C13H20N4O3. The fourth-order valence-corrected chi connectivity index (χ4v) is 1.70. The third kappa shape index (κ3) is 5.64. The molecule has 1 aromatic rings. The van der Waals surface area contributed by atoms with Crippen molar-refractivity contribution in [2.24, 2.45) is 5.92 Å². The van der Waals surface area contributed by atoms with E-state index in [4.69, 9.17) is 5.11 Å². The van der Waals surface area contributed by atoms with Crippen molar-refractivity contribution >= 4 is 12.0 Å². The first-order valence-electron chi connectivity index (χ1n) is 6.41. The molecule has 0 radical (unpaired) electrons. The van der Waals surface area contributed by atoms with Crippen LogP contribution in [-0.2, 0) is 11.3 Å². The highest BCUT2D eigenvalue weighted by Crippen LogP contribution is 2.00. The summed E-state index contributed by atoms with van der Waals surface area (Å²) in [4.78, 5) is 32.2. The number of carboxylic acids is 1. The maximum absolute atomic E-state index is 12.0. The van der Waals surface area contributed by atoms with Crippen LogP contribution in [0.25, 0.3) is 0 Å². The van der Waals surface area contributed by atoms with E-state index in [9.17, 15) is 9.59 Å². The summed E-state index contributed by atoms with van der Waals surface area (Å²) in [5.41, 5.74) is 0.686. The van der Waals surface area contributed by atoms with Gasteiger partial charge in [-0.25, -0.2) is 14.8 Å². The third-order valence-corrected chi connectivity index (χ3v) is 2.45. The van der Waals surface area contributed by atoms with Crippen LogP contribution in [0, 0.1) is 12.8 Å². The van der Waals surface area contributed by atoms with Gasteiger partial charge in [-0.05, 0) is 18.9 Å². The van der Waals surface area contributed by atoms with E-state index in [2.05, 4.69) is 15.3 Å². The molecule has 0 aromatic carbocycles. The molecule has 0 fully saturated rings. The number of nitrogens with one attached hydrogen (secondary N) is 1. The van der Waals surface area contributed by atoms with Gasteiger partial charge in [0.25, 0.3) is 0 Å². The lowest BCUT2D eigenvalue weighted by atomic mass is 10.2. The standard InChI is InChI=1S/C13H20N4O3/c1-9(2)7-17(8-12(18)19)13(20)15-6-11-4-5-14-10(3)16-11/h4-5,9H,6-8H2,1-3H3,(H,15,20)(H,18,19). The normalized spacial score (nSPS) is 10.4. The highest BCUT2D eigenvalue weighted by atomic mass is 16.4. The van der Waals surface area contributed by atoms with Crippen LogP contribution in [0.4, 0.5) is 4.79 Å². The van der Waals surface area contributed by atoms with Crippen molar-refractivity contribution in [1.82, 2.24) is 20.2 Å². The lowest BCUT2D eigenvalue weighted by molar-refractivity contribution is -0.137. The minimum Gasteiger partial charge on any atom is -0.480 e. The molecule has 0 spiro atoms. The zero-order valence-electron chi connectivity index (χ0n) is 12.0. The maximum Gasteiger partial charge on any atom is 0.323 e. The summed E-state index contributed by atoms with van der Waals surface area (Å²) in [6.45, 7) is 5.94. The van der Waals surface area contributed by atoms with Crippen molar-refractivity contribution < 1.29 is 14.7 Å². The number of amides is 2. The maximum atomic E-state index is 12.0. The Kier molecular flexibility index (Phi) is 5.89. The Morgan fingerprint density at radius 2 is 2.15 bits per heavy atom. The Balaban J connectivity index is 2.59. The summed E-state index contributed by atoms with van der Waals surface area (Å²) >= 11 is 0. The molecule has 0 saturated heterocycles. The number of aromatic nitrogens is 2. The zero-order valence-corrected chi connectivity index (χ0v) is 12.0. The van der Waals surface area contributed by atoms with Gasteiger partial charge in [0.1, 0.15) is 12.4 Å². The third-order valence-electron chi connectivity index (χ3n) is 2.45. The molecule has 0 bridgehead atoms. The number of hydrogen-bond acceptors (Lipinski definition) is 4. The number of carbonyl (C=O) groups is 2. The average molecular weight is 280 g/mol. The van der Waals surface area contributed by atoms with Gasteiger partial charge in [-0.1, -0.05) is 13.8 Å². The Labute approximate surface area is 118 Å². The number of carboxylic acid groups (broad SMARTS) is 1. The van der Waals surface area contributed by atoms with Gasteiger partial charge >= 0.3 is 12.0 Å². The van der Waals surface area contributed by atoms with Crippen molar-refractivity contribution in [2.75, 3.05) is 13.1 Å². The van der Waals surface area contributed by atoms with Gasteiger partial charge in [-0.3, -0.25) is 4.79 Å². The number of hydrogen-bond donors (Lipinski definition) is 2. The minimum atomic E-state index is -1.03. The molecule has 2 N–H and O–H groups in total. The van der Waals surface area contributed by atoms with Crippen molar-refractivity contribution in [2.45, 2.75) is 27.3 Å². The van der Waals surface area contributed by atoms with Crippen LogP contribution in [0.2, 0.25) is 0 Å². The predicted molar refractivity (Wildman–Crippen MR) is 73.1 cm³/mol. The Hall–Kier alpha value is -2.18. The van der Waals surface area contributed by atoms with Gasteiger partial charge in [-0.15, -0.1) is 0 Å². The second-order valence-corrected chi connectivity index (χ2v) is 4.92. The fourth-order valence-electron chi connectivity index (χ4n) is 1.70. The van der Waals surface area contributed by atoms with Crippen LogP contribution in [0.1, 0.15) is 25.4 Å². The van der Waals surface area contributed by atoms with Crippen molar-refractivity contribution in [1.29, 1.82) is 0 Å². The average Bonchev–Trinajstić information content (AvgIpc) is 2.34. The smallest absolute Gasteiger partial charge is 0.323 e. The zero-order chi connectivity index (χ0) is 15.1. The summed E-state index contributed by atoms with van der Waals surface area (Å²) in [7, 11) is 0. The molecule has 110 valence electrons. The molecule has 0 atom stereocenters. The highest BCUT2D eigenvalue weighted by Gasteiger charge is 2.17. The first-order valence-corrected chi connectivity index (χ1v) is 6.41. The first kappa shape index (κ1) is 15.9. The minimum absolute atomic E-state index is 0.196. The lowest BCUT2D eigenvalue weighted by Gasteiger charge is -2.23. The summed E-state index contributed by atoms with van der Waals surface area (Å²) in [6, 6.07) is 1.30. The fraction of sp³-hybridized carbons (Fsp3) is 0.538. The summed E-state index contributed by atoms with van der Waals surface area (Å²) in [5, 5.41) is 11.5. The van der Waals surface area contributed by atoms with E-state index in [0.717, 1.165) is 0 Å². The van der Waals surface area contributed by atoms with Crippen LogP contribution < -0.4 is 5.32 Å². The monoisotopic (exact) mass is 280 g/mol. The Morgan fingerprint density at radius 1 is 1.45 bits per heavy atom. The van der Waals surface area contributed by atoms with Gasteiger partial charge in [0.05, 0.1) is 12.2 Å². The number of rotatable bonds is 6. The van der Waals surface area contributed by atoms with Gasteiger partial charge in [0.15, 0.2) is 0 Å². The first-order chi connectivity index (χ1) is 9.38. The predicted octanol–water partition coefficient (Wildman–Crippen LogP) is 1.04. The summed E-state index contributed by atoms with van der Waals surface area (Å²) in [6.07, 6.45) is 1.62. The molecule has 1 aromatic heterocycles. The SMILES string of the molecule is Cc1nccc(CNC(=O)N(CC(=O)O)CC(C)C)n1. The Bertz CT molecular complexity index is 476. The number of urea groups is 1. The lowest BCUT2D eigenvalue weighted by Crippen LogP contribution is -2.44. The molecule has 2 amide bonds. The van der Waals surface area contributed by atoms with E-state index in [1.54, 1.807) is 19.2 Å². The molecule has 1 rings (SSSR count). The molecule has 0 aliphatic carbocycles. The van der Waals surface area contributed by atoms with E-state index < -0.39 is 12.0 Å². The van der Waals surface area contributed by atoms with Crippen LogP contribution in [0.5, 0.6) is 0 Å². The van der Waals surface area contributed by atoms with Gasteiger partial charge < -0.3 is 15.3 Å². The van der Waals surface area contributed by atoms with Crippen LogP contribution in [-0.4, -0.2) is 45.1 Å². The highest BCUT2D eigenvalue weighted by molar-refractivity contribution is 5.80. The molecule has 7 heteroatoms. The van der Waals surface area contributed by atoms with E-state index >= 15 is 0 Å². The van der Waals surface area contributed by atoms with Gasteiger partial charge in [-0.2, -0.15) is 0 Å². The van der Waals surface area contributed by atoms with Crippen LogP contribution in [0.3, 0.4) is 0 Å². The molecule has 0 aliphatic rings. The largest absolute Gasteiger partial charge is 0.480 e. The molecule has 0 aliphatic heterocycles. The second kappa shape index (κ2) is 7.42. The van der Waals surface area contributed by atoms with Crippen molar-refractivity contribution in [3.05, 3.63) is 23.8 Å². The summed E-state index contributed by atoms with van der Waals surface area (Å²) in [5.74, 6) is -0.207. The Morgan fingerprint density at radius 3 is 2.70 bits per heavy atom. The van der Waals surface area contributed by atoms with Crippen molar-refractivity contribution in [3.63, 3.8) is 0 Å². The van der Waals surface area contributed by atoms with Crippen LogP contribution >= 0.6 is 0 Å². The number of aliphatic carboxylic acids is 1. The van der Waals surface area contributed by atoms with Gasteiger partial charge in [0, 0.05) is 12.7 Å². The number of aryl methyl sites for hydroxylation is 1. The number of carbonyl (C=O) groups excluding carboxylic acids is 1. The molecule has 20 heavy (non-hydrogen) atoms. The topological polar surface area (TPSA) is 95.4 Å². The van der Waals surface area contributed by atoms with E-state index in [1.165, 1.54) is 4.90 Å². The van der Waals surface area contributed by atoms with Crippen molar-refractivity contribution in [3.8, 4) is 0 Å². The quantitative estimate of drug-likeness (QED) is 0.811.